The number of carbonyl (C=O) groups excluding carboxylic acids is 1. The van der Waals surface area contributed by atoms with Gasteiger partial charge in [0.2, 0.25) is 0 Å². The van der Waals surface area contributed by atoms with Crippen molar-refractivity contribution in [1.29, 1.82) is 0 Å². The third kappa shape index (κ3) is 3.00. The number of fused-ring (bicyclic) bond motifs is 1. The summed E-state index contributed by atoms with van der Waals surface area (Å²) in [6.45, 7) is 1.96. The molecule has 2 heterocycles. The summed E-state index contributed by atoms with van der Waals surface area (Å²) < 4.78 is 13.4. The monoisotopic (exact) mass is 339 g/mol. The Kier molecular flexibility index (Phi) is 4.17. The molecule has 0 spiro atoms. The topological polar surface area (TPSA) is 49.6 Å². The zero-order valence-electron chi connectivity index (χ0n) is 14.1. The summed E-state index contributed by atoms with van der Waals surface area (Å²) in [7, 11) is 0. The third-order valence-corrected chi connectivity index (χ3v) is 5.21. The SMILES string of the molecule is N[C@H]1CCN(C(=O)N2CCc3ccccc3[C@H]2c2ccc(F)cc2)C1. The van der Waals surface area contributed by atoms with Crippen LogP contribution in [0.2, 0.25) is 0 Å². The van der Waals surface area contributed by atoms with Gasteiger partial charge in [-0.3, -0.25) is 0 Å². The average molecular weight is 339 g/mol. The van der Waals surface area contributed by atoms with Crippen LogP contribution in [0.5, 0.6) is 0 Å². The molecule has 130 valence electrons. The number of nitrogens with two attached hydrogens (primary N) is 1. The molecule has 4 rings (SSSR count). The van der Waals surface area contributed by atoms with Gasteiger partial charge in [0.25, 0.3) is 0 Å². The van der Waals surface area contributed by atoms with Gasteiger partial charge < -0.3 is 15.5 Å². The molecule has 2 atom stereocenters. The Hall–Kier alpha value is -2.40. The molecule has 2 aromatic carbocycles. The van der Waals surface area contributed by atoms with Gasteiger partial charge in [0.1, 0.15) is 5.82 Å². The van der Waals surface area contributed by atoms with E-state index in [0.29, 0.717) is 19.6 Å². The van der Waals surface area contributed by atoms with Crippen molar-refractivity contribution in [3.05, 3.63) is 71.0 Å². The molecule has 2 aliphatic heterocycles. The fourth-order valence-electron chi connectivity index (χ4n) is 3.92. The highest BCUT2D eigenvalue weighted by Crippen LogP contribution is 2.36. The van der Waals surface area contributed by atoms with E-state index in [4.69, 9.17) is 5.73 Å². The molecule has 2 amide bonds. The summed E-state index contributed by atoms with van der Waals surface area (Å²) in [5.74, 6) is -0.267. The molecule has 1 fully saturated rings. The van der Waals surface area contributed by atoms with Gasteiger partial charge in [-0.2, -0.15) is 0 Å². The Balaban J connectivity index is 1.72. The van der Waals surface area contributed by atoms with Crippen molar-refractivity contribution in [3.8, 4) is 0 Å². The number of hydrogen-bond acceptors (Lipinski definition) is 2. The normalized spacial score (nSPS) is 22.8. The van der Waals surface area contributed by atoms with E-state index in [-0.39, 0.29) is 23.9 Å². The van der Waals surface area contributed by atoms with E-state index >= 15 is 0 Å². The molecule has 2 aromatic rings. The number of nitrogens with zero attached hydrogens (tertiary/aromatic N) is 2. The van der Waals surface area contributed by atoms with E-state index in [9.17, 15) is 9.18 Å². The molecule has 0 radical (unpaired) electrons. The van der Waals surface area contributed by atoms with Crippen molar-refractivity contribution in [2.24, 2.45) is 5.73 Å². The van der Waals surface area contributed by atoms with E-state index in [1.54, 1.807) is 12.1 Å². The number of carbonyl (C=O) groups is 1. The minimum atomic E-state index is -0.267. The second-order valence-electron chi connectivity index (χ2n) is 6.87. The van der Waals surface area contributed by atoms with Crippen LogP contribution in [0.3, 0.4) is 0 Å². The second-order valence-corrected chi connectivity index (χ2v) is 6.87. The summed E-state index contributed by atoms with van der Waals surface area (Å²) in [6, 6.07) is 14.6. The van der Waals surface area contributed by atoms with Gasteiger partial charge in [0.15, 0.2) is 0 Å². The first-order valence-corrected chi connectivity index (χ1v) is 8.78. The van der Waals surface area contributed by atoms with Crippen LogP contribution in [-0.4, -0.2) is 41.5 Å². The van der Waals surface area contributed by atoms with E-state index in [1.165, 1.54) is 17.7 Å². The van der Waals surface area contributed by atoms with Crippen LogP contribution in [0.15, 0.2) is 48.5 Å². The van der Waals surface area contributed by atoms with E-state index < -0.39 is 0 Å². The van der Waals surface area contributed by atoms with Gasteiger partial charge in [-0.25, -0.2) is 9.18 Å². The number of amides is 2. The largest absolute Gasteiger partial charge is 0.326 e. The van der Waals surface area contributed by atoms with Gasteiger partial charge in [-0.15, -0.1) is 0 Å². The van der Waals surface area contributed by atoms with Crippen LogP contribution in [-0.2, 0) is 6.42 Å². The predicted octanol–water partition coefficient (Wildman–Crippen LogP) is 2.93. The minimum absolute atomic E-state index is 0.0248. The molecular formula is C20H22FN3O. The highest BCUT2D eigenvalue weighted by atomic mass is 19.1. The van der Waals surface area contributed by atoms with Crippen molar-refractivity contribution < 1.29 is 9.18 Å². The Morgan fingerprint density at radius 1 is 1.08 bits per heavy atom. The maximum absolute atomic E-state index is 13.4. The maximum atomic E-state index is 13.4. The fourth-order valence-corrected chi connectivity index (χ4v) is 3.92. The van der Waals surface area contributed by atoms with Crippen LogP contribution in [0.4, 0.5) is 9.18 Å². The van der Waals surface area contributed by atoms with Gasteiger partial charge in [0, 0.05) is 25.7 Å². The van der Waals surface area contributed by atoms with E-state index in [2.05, 4.69) is 12.1 Å². The molecule has 4 nitrogen and oxygen atoms in total. The smallest absolute Gasteiger partial charge is 0.320 e. The number of benzene rings is 2. The van der Waals surface area contributed by atoms with Crippen LogP contribution in [0, 0.1) is 5.82 Å². The van der Waals surface area contributed by atoms with Crippen LogP contribution in [0.1, 0.15) is 29.2 Å². The third-order valence-electron chi connectivity index (χ3n) is 5.21. The number of rotatable bonds is 1. The number of urea groups is 1. The summed E-state index contributed by atoms with van der Waals surface area (Å²) in [5.41, 5.74) is 9.28. The van der Waals surface area contributed by atoms with Crippen molar-refractivity contribution in [3.63, 3.8) is 0 Å². The average Bonchev–Trinajstić information content (AvgIpc) is 3.07. The van der Waals surface area contributed by atoms with E-state index in [0.717, 1.165) is 24.0 Å². The molecule has 5 heteroatoms. The summed E-state index contributed by atoms with van der Waals surface area (Å²) in [4.78, 5) is 16.9. The molecule has 0 aliphatic carbocycles. The number of halogens is 1. The fraction of sp³-hybridized carbons (Fsp3) is 0.350. The lowest BCUT2D eigenvalue weighted by molar-refractivity contribution is 0.145. The molecule has 1 saturated heterocycles. The predicted molar refractivity (Wildman–Crippen MR) is 94.7 cm³/mol. The Labute approximate surface area is 147 Å². The zero-order chi connectivity index (χ0) is 17.4. The lowest BCUT2D eigenvalue weighted by atomic mass is 9.88. The molecule has 2 aliphatic rings. The molecule has 2 N–H and O–H groups in total. The van der Waals surface area contributed by atoms with Gasteiger partial charge >= 0.3 is 6.03 Å². The Morgan fingerprint density at radius 3 is 2.56 bits per heavy atom. The van der Waals surface area contributed by atoms with Crippen LogP contribution in [0.25, 0.3) is 0 Å². The molecule has 0 saturated carbocycles. The summed E-state index contributed by atoms with van der Waals surface area (Å²) >= 11 is 0. The van der Waals surface area contributed by atoms with E-state index in [1.807, 2.05) is 21.9 Å². The molecule has 0 bridgehead atoms. The maximum Gasteiger partial charge on any atom is 0.320 e. The first-order valence-electron chi connectivity index (χ1n) is 8.78. The van der Waals surface area contributed by atoms with Crippen molar-refractivity contribution >= 4 is 6.03 Å². The number of likely N-dealkylation sites (tertiary alicyclic amines) is 1. The van der Waals surface area contributed by atoms with Crippen molar-refractivity contribution in [2.75, 3.05) is 19.6 Å². The Morgan fingerprint density at radius 2 is 1.84 bits per heavy atom. The van der Waals surface area contributed by atoms with Crippen molar-refractivity contribution in [1.82, 2.24) is 9.80 Å². The molecule has 0 aromatic heterocycles. The minimum Gasteiger partial charge on any atom is -0.326 e. The zero-order valence-corrected chi connectivity index (χ0v) is 14.1. The molecule has 0 unspecified atom stereocenters. The Bertz CT molecular complexity index is 777. The molecule has 25 heavy (non-hydrogen) atoms. The van der Waals surface area contributed by atoms with Gasteiger partial charge in [-0.05, 0) is 41.7 Å². The van der Waals surface area contributed by atoms with Gasteiger partial charge in [-0.1, -0.05) is 36.4 Å². The van der Waals surface area contributed by atoms with Crippen LogP contribution >= 0.6 is 0 Å². The molecular weight excluding hydrogens is 317 g/mol. The van der Waals surface area contributed by atoms with Gasteiger partial charge in [0.05, 0.1) is 6.04 Å². The highest BCUT2D eigenvalue weighted by Gasteiger charge is 2.36. The first kappa shape index (κ1) is 16.1. The second kappa shape index (κ2) is 6.48. The lowest BCUT2D eigenvalue weighted by Gasteiger charge is -2.39. The standard InChI is InChI=1S/C20H22FN3O/c21-16-7-5-15(6-8-16)19-18-4-2-1-3-14(18)9-12-24(19)20(25)23-11-10-17(22)13-23/h1-8,17,19H,9-13,22H2/t17-,19+/m0/s1. The van der Waals surface area contributed by atoms with Crippen molar-refractivity contribution in [2.45, 2.75) is 24.9 Å². The first-order chi connectivity index (χ1) is 12.1. The lowest BCUT2D eigenvalue weighted by Crippen LogP contribution is -2.47. The highest BCUT2D eigenvalue weighted by molar-refractivity contribution is 5.76. The summed E-state index contributed by atoms with van der Waals surface area (Å²) in [6.07, 6.45) is 1.68. The summed E-state index contributed by atoms with van der Waals surface area (Å²) in [5, 5.41) is 0. The number of hydrogen-bond donors (Lipinski definition) is 1. The van der Waals surface area contributed by atoms with Crippen LogP contribution < -0.4 is 5.73 Å². The quantitative estimate of drug-likeness (QED) is 0.868.